The number of nitrogens with one attached hydrogen (secondary N) is 1. The SMILES string of the molecule is CCCNC(c1cccc(Cl)c1)c1cnn(CCC)c1. The molecule has 0 bridgehead atoms. The topological polar surface area (TPSA) is 29.9 Å². The van der Waals surface area contributed by atoms with Crippen LogP contribution in [0.1, 0.15) is 43.9 Å². The van der Waals surface area contributed by atoms with Gasteiger partial charge >= 0.3 is 0 Å². The van der Waals surface area contributed by atoms with Crippen LogP contribution in [0.2, 0.25) is 5.02 Å². The Balaban J connectivity index is 2.26. The molecule has 0 saturated carbocycles. The summed E-state index contributed by atoms with van der Waals surface area (Å²) in [5.74, 6) is 0. The van der Waals surface area contributed by atoms with Gasteiger partial charge in [-0.25, -0.2) is 0 Å². The van der Waals surface area contributed by atoms with Crippen molar-refractivity contribution in [1.29, 1.82) is 0 Å². The van der Waals surface area contributed by atoms with Crippen molar-refractivity contribution in [3.63, 3.8) is 0 Å². The van der Waals surface area contributed by atoms with Crippen LogP contribution in [0.4, 0.5) is 0 Å². The molecule has 0 saturated heterocycles. The Hall–Kier alpha value is -1.32. The van der Waals surface area contributed by atoms with Gasteiger partial charge in [-0.05, 0) is 37.1 Å². The molecule has 0 aliphatic carbocycles. The van der Waals surface area contributed by atoms with E-state index in [1.54, 1.807) is 0 Å². The number of rotatable bonds is 7. The fourth-order valence-electron chi connectivity index (χ4n) is 2.28. The predicted molar refractivity (Wildman–Crippen MR) is 84.1 cm³/mol. The fourth-order valence-corrected chi connectivity index (χ4v) is 2.48. The zero-order valence-electron chi connectivity index (χ0n) is 12.1. The first-order chi connectivity index (χ1) is 9.74. The van der Waals surface area contributed by atoms with E-state index in [0.717, 1.165) is 31.0 Å². The van der Waals surface area contributed by atoms with Crippen LogP contribution < -0.4 is 5.32 Å². The standard InChI is InChI=1S/C16H22ClN3/c1-3-8-18-16(13-6-5-7-15(17)10-13)14-11-19-20(12-14)9-4-2/h5-7,10-12,16,18H,3-4,8-9H2,1-2H3. The van der Waals surface area contributed by atoms with Gasteiger partial charge in [-0.3, -0.25) is 4.68 Å². The molecule has 2 aromatic rings. The molecule has 108 valence electrons. The number of nitrogens with zero attached hydrogens (tertiary/aromatic N) is 2. The van der Waals surface area contributed by atoms with Crippen molar-refractivity contribution < 1.29 is 0 Å². The Morgan fingerprint density at radius 2 is 2.10 bits per heavy atom. The highest BCUT2D eigenvalue weighted by molar-refractivity contribution is 6.30. The summed E-state index contributed by atoms with van der Waals surface area (Å²) in [5, 5.41) is 8.77. The Labute approximate surface area is 126 Å². The zero-order valence-corrected chi connectivity index (χ0v) is 12.9. The van der Waals surface area contributed by atoms with Gasteiger partial charge in [0.05, 0.1) is 12.2 Å². The molecule has 20 heavy (non-hydrogen) atoms. The number of aryl methyl sites for hydroxylation is 1. The molecule has 3 nitrogen and oxygen atoms in total. The summed E-state index contributed by atoms with van der Waals surface area (Å²) in [5.41, 5.74) is 2.37. The Bertz CT molecular complexity index is 536. The van der Waals surface area contributed by atoms with Gasteiger partial charge in [0, 0.05) is 23.3 Å². The van der Waals surface area contributed by atoms with Crippen LogP contribution in [0, 0.1) is 0 Å². The third-order valence-corrected chi connectivity index (χ3v) is 3.45. The van der Waals surface area contributed by atoms with E-state index in [1.165, 1.54) is 11.1 Å². The zero-order chi connectivity index (χ0) is 14.4. The first kappa shape index (κ1) is 15.1. The Kier molecular flexibility index (Phi) is 5.62. The molecule has 1 aromatic heterocycles. The summed E-state index contributed by atoms with van der Waals surface area (Å²) in [4.78, 5) is 0. The number of hydrogen-bond acceptors (Lipinski definition) is 2. The fraction of sp³-hybridized carbons (Fsp3) is 0.438. The number of aromatic nitrogens is 2. The molecular weight excluding hydrogens is 270 g/mol. The number of benzene rings is 1. The van der Waals surface area contributed by atoms with Crippen LogP contribution in [0.5, 0.6) is 0 Å². The van der Waals surface area contributed by atoms with Crippen LogP contribution >= 0.6 is 11.6 Å². The van der Waals surface area contributed by atoms with E-state index in [2.05, 4.69) is 36.5 Å². The van der Waals surface area contributed by atoms with Gasteiger partial charge in [0.1, 0.15) is 0 Å². The van der Waals surface area contributed by atoms with Crippen molar-refractivity contribution in [2.24, 2.45) is 0 Å². The normalized spacial score (nSPS) is 12.6. The number of halogens is 1. The second-order valence-electron chi connectivity index (χ2n) is 4.98. The minimum Gasteiger partial charge on any atom is -0.306 e. The average Bonchev–Trinajstić information content (AvgIpc) is 2.88. The van der Waals surface area contributed by atoms with Crippen LogP contribution in [0.25, 0.3) is 0 Å². The van der Waals surface area contributed by atoms with Gasteiger partial charge in [0.2, 0.25) is 0 Å². The average molecular weight is 292 g/mol. The van der Waals surface area contributed by atoms with Crippen molar-refractivity contribution >= 4 is 11.6 Å². The van der Waals surface area contributed by atoms with Gasteiger partial charge in [0.15, 0.2) is 0 Å². The molecule has 1 atom stereocenters. The van der Waals surface area contributed by atoms with Gasteiger partial charge in [-0.2, -0.15) is 5.10 Å². The van der Waals surface area contributed by atoms with E-state index in [4.69, 9.17) is 11.6 Å². The van der Waals surface area contributed by atoms with E-state index in [9.17, 15) is 0 Å². The smallest absolute Gasteiger partial charge is 0.0608 e. The van der Waals surface area contributed by atoms with E-state index < -0.39 is 0 Å². The van der Waals surface area contributed by atoms with Gasteiger partial charge in [-0.1, -0.05) is 37.6 Å². The molecule has 0 aliphatic rings. The predicted octanol–water partition coefficient (Wildman–Crippen LogP) is 4.04. The summed E-state index contributed by atoms with van der Waals surface area (Å²) < 4.78 is 2.00. The second-order valence-corrected chi connectivity index (χ2v) is 5.42. The van der Waals surface area contributed by atoms with Crippen molar-refractivity contribution in [2.75, 3.05) is 6.54 Å². The molecule has 0 fully saturated rings. The molecule has 1 unspecified atom stereocenters. The molecule has 4 heteroatoms. The molecule has 0 amide bonds. The third kappa shape index (κ3) is 3.84. The Morgan fingerprint density at radius 1 is 1.25 bits per heavy atom. The third-order valence-electron chi connectivity index (χ3n) is 3.22. The summed E-state index contributed by atoms with van der Waals surface area (Å²) >= 11 is 6.12. The van der Waals surface area contributed by atoms with Crippen molar-refractivity contribution in [2.45, 2.75) is 39.3 Å². The van der Waals surface area contributed by atoms with Gasteiger partial charge < -0.3 is 5.32 Å². The van der Waals surface area contributed by atoms with Crippen LogP contribution in [0.15, 0.2) is 36.7 Å². The van der Waals surface area contributed by atoms with E-state index in [-0.39, 0.29) is 6.04 Å². The lowest BCUT2D eigenvalue weighted by Crippen LogP contribution is -2.22. The quantitative estimate of drug-likeness (QED) is 0.834. The molecule has 1 aromatic carbocycles. The molecule has 0 aliphatic heterocycles. The first-order valence-electron chi connectivity index (χ1n) is 7.25. The van der Waals surface area contributed by atoms with Crippen LogP contribution in [-0.4, -0.2) is 16.3 Å². The highest BCUT2D eigenvalue weighted by Gasteiger charge is 2.15. The Morgan fingerprint density at radius 3 is 2.80 bits per heavy atom. The van der Waals surface area contributed by atoms with Crippen molar-refractivity contribution in [1.82, 2.24) is 15.1 Å². The monoisotopic (exact) mass is 291 g/mol. The minimum atomic E-state index is 0.152. The van der Waals surface area contributed by atoms with E-state index >= 15 is 0 Å². The number of hydrogen-bond donors (Lipinski definition) is 1. The summed E-state index contributed by atoms with van der Waals surface area (Å²) in [6.45, 7) is 6.25. The molecule has 0 radical (unpaired) electrons. The van der Waals surface area contributed by atoms with Gasteiger partial charge in [0.25, 0.3) is 0 Å². The highest BCUT2D eigenvalue weighted by Crippen LogP contribution is 2.24. The maximum Gasteiger partial charge on any atom is 0.0608 e. The lowest BCUT2D eigenvalue weighted by molar-refractivity contribution is 0.588. The van der Waals surface area contributed by atoms with E-state index in [1.807, 2.05) is 29.1 Å². The molecule has 0 spiro atoms. The van der Waals surface area contributed by atoms with Crippen molar-refractivity contribution in [3.8, 4) is 0 Å². The molecule has 1 heterocycles. The lowest BCUT2D eigenvalue weighted by Gasteiger charge is -2.18. The molecule has 1 N–H and O–H groups in total. The van der Waals surface area contributed by atoms with Crippen LogP contribution in [0.3, 0.4) is 0 Å². The van der Waals surface area contributed by atoms with E-state index in [0.29, 0.717) is 0 Å². The summed E-state index contributed by atoms with van der Waals surface area (Å²) in [7, 11) is 0. The lowest BCUT2D eigenvalue weighted by atomic mass is 10.0. The maximum atomic E-state index is 6.12. The second kappa shape index (κ2) is 7.46. The van der Waals surface area contributed by atoms with Gasteiger partial charge in [-0.15, -0.1) is 0 Å². The molecular formula is C16H22ClN3. The maximum absolute atomic E-state index is 6.12. The van der Waals surface area contributed by atoms with Crippen LogP contribution in [-0.2, 0) is 6.54 Å². The largest absolute Gasteiger partial charge is 0.306 e. The minimum absolute atomic E-state index is 0.152. The van der Waals surface area contributed by atoms with Crippen molar-refractivity contribution in [3.05, 3.63) is 52.8 Å². The summed E-state index contributed by atoms with van der Waals surface area (Å²) in [6, 6.07) is 8.18. The highest BCUT2D eigenvalue weighted by atomic mass is 35.5. The summed E-state index contributed by atoms with van der Waals surface area (Å²) in [6.07, 6.45) is 6.26. The first-order valence-corrected chi connectivity index (χ1v) is 7.63. The molecule has 2 rings (SSSR count).